The van der Waals surface area contributed by atoms with Crippen molar-refractivity contribution in [3.05, 3.63) is 146 Å². The summed E-state index contributed by atoms with van der Waals surface area (Å²) in [5, 5.41) is 5.45. The number of hydrogen-bond acceptors (Lipinski definition) is 0. The molecule has 0 bridgehead atoms. The number of fused-ring (bicyclic) bond motifs is 2. The zero-order chi connectivity index (χ0) is 29.3. The van der Waals surface area contributed by atoms with E-state index in [9.17, 15) is 0 Å². The Kier molecular flexibility index (Phi) is 9.78. The Bertz CT molecular complexity index is 1750. The van der Waals surface area contributed by atoms with Gasteiger partial charge in [-0.1, -0.05) is 120 Å². The molecule has 1 aliphatic carbocycles. The first-order valence-corrected chi connectivity index (χ1v) is 15.6. The molecule has 0 radical (unpaired) electrons. The summed E-state index contributed by atoms with van der Waals surface area (Å²) in [4.78, 5) is 0. The van der Waals surface area contributed by atoms with Crippen molar-refractivity contribution in [2.45, 2.75) is 77.0 Å². The second-order valence-corrected chi connectivity index (χ2v) is 14.7. The minimum absolute atomic E-state index is 0. The monoisotopic (exact) mass is 756 g/mol. The molecule has 1 saturated carbocycles. The number of benzene rings is 4. The van der Waals surface area contributed by atoms with Gasteiger partial charge in [-0.25, -0.2) is 0 Å². The van der Waals surface area contributed by atoms with Crippen molar-refractivity contribution < 1.29 is 25.8 Å². The van der Waals surface area contributed by atoms with Crippen molar-refractivity contribution in [1.82, 2.24) is 0 Å². The van der Waals surface area contributed by atoms with Crippen LogP contribution in [0.1, 0.15) is 83.1 Å². The van der Waals surface area contributed by atoms with Crippen molar-refractivity contribution in [3.63, 3.8) is 0 Å². The quantitative estimate of drug-likeness (QED) is 0.124. The summed E-state index contributed by atoms with van der Waals surface area (Å²) in [6, 6.07) is 42.0. The van der Waals surface area contributed by atoms with E-state index in [1.54, 1.807) is 0 Å². The minimum Gasteiger partial charge on any atom is -0.358 e. The first-order valence-electron chi connectivity index (χ1n) is 15.6. The molecule has 0 nitrogen and oxygen atoms in total. The first-order chi connectivity index (χ1) is 20.0. The molecule has 0 aromatic heterocycles. The Hall–Kier alpha value is -3.03. The van der Waals surface area contributed by atoms with Crippen LogP contribution in [0.4, 0.5) is 0 Å². The third-order valence-electron chi connectivity index (χ3n) is 9.94. The smallest absolute Gasteiger partial charge is 0.358 e. The Morgan fingerprint density at radius 2 is 0.911 bits per heavy atom. The molecule has 0 spiro atoms. The predicted molar refractivity (Wildman–Crippen MR) is 195 cm³/mol. The molecule has 6 aromatic rings. The molecule has 1 fully saturated rings. The zero-order valence-electron chi connectivity index (χ0n) is 28.5. The summed E-state index contributed by atoms with van der Waals surface area (Å²) < 4.78 is 0. The summed E-state index contributed by atoms with van der Waals surface area (Å²) in [5.74, 6) is 0. The number of hydrogen-bond donors (Lipinski definition) is 0. The molecule has 6 aromatic carbocycles. The van der Waals surface area contributed by atoms with Gasteiger partial charge >= 0.3 is 25.8 Å². The largest absolute Gasteiger partial charge is 4.00 e. The molecule has 0 N–H and O–H groups in total. The van der Waals surface area contributed by atoms with Crippen LogP contribution in [0.15, 0.2) is 109 Å². The second kappa shape index (κ2) is 12.6. The Labute approximate surface area is 291 Å². The van der Waals surface area contributed by atoms with Gasteiger partial charge in [0.15, 0.2) is 0 Å². The fourth-order valence-electron chi connectivity index (χ4n) is 7.10. The van der Waals surface area contributed by atoms with Crippen LogP contribution in [0.25, 0.3) is 43.8 Å². The fraction of sp³-hybridized carbons (Fsp3) is 0.273. The van der Waals surface area contributed by atoms with Crippen molar-refractivity contribution in [3.8, 4) is 22.3 Å². The van der Waals surface area contributed by atoms with E-state index in [0.29, 0.717) is 0 Å². The van der Waals surface area contributed by atoms with Crippen LogP contribution in [0.5, 0.6) is 0 Å². The molecule has 1 heteroatoms. The Balaban J connectivity index is 0.00000154. The standard InChI is InChI=1S/C42H42.2CH3.Hf/c1-40(2,3)32-18-14-28(15-19-32)36-12-7-10-30-24-34(26-38(30)36)42(22-9-23-42)35-25-31-11-8-13-37(39(31)27-35)29-16-20-33(21-17-29)41(4,5)6;;;/h7-8,10-21,24-27H,9,22-23H2,1-6H3;2*1H3;/q-2;2*-1;+4. The van der Waals surface area contributed by atoms with Crippen LogP contribution in [0.3, 0.4) is 0 Å². The van der Waals surface area contributed by atoms with Gasteiger partial charge in [-0.15, -0.1) is 69.1 Å². The molecule has 0 aliphatic heterocycles. The van der Waals surface area contributed by atoms with E-state index in [0.717, 1.165) is 0 Å². The summed E-state index contributed by atoms with van der Waals surface area (Å²) in [6.07, 6.45) is 3.71. The van der Waals surface area contributed by atoms with Gasteiger partial charge in [0, 0.05) is 0 Å². The third-order valence-corrected chi connectivity index (χ3v) is 9.94. The molecule has 1 aliphatic rings. The summed E-state index contributed by atoms with van der Waals surface area (Å²) in [6.45, 7) is 13.7. The van der Waals surface area contributed by atoms with Crippen molar-refractivity contribution in [2.24, 2.45) is 0 Å². The maximum atomic E-state index is 2.51. The Morgan fingerprint density at radius 3 is 1.22 bits per heavy atom. The summed E-state index contributed by atoms with van der Waals surface area (Å²) in [7, 11) is 0. The van der Waals surface area contributed by atoms with Crippen LogP contribution in [0, 0.1) is 14.9 Å². The van der Waals surface area contributed by atoms with Crippen LogP contribution in [-0.2, 0) is 42.1 Å². The van der Waals surface area contributed by atoms with Crippen molar-refractivity contribution >= 4 is 21.5 Å². The minimum atomic E-state index is 0. The molecule has 7 rings (SSSR count). The van der Waals surface area contributed by atoms with Gasteiger partial charge in [0.2, 0.25) is 0 Å². The van der Waals surface area contributed by atoms with E-state index in [2.05, 4.69) is 151 Å². The van der Waals surface area contributed by atoms with E-state index in [1.807, 2.05) is 0 Å². The molecule has 0 atom stereocenters. The summed E-state index contributed by atoms with van der Waals surface area (Å²) in [5.41, 5.74) is 11.4. The predicted octanol–water partition coefficient (Wildman–Crippen LogP) is 12.7. The van der Waals surface area contributed by atoms with Gasteiger partial charge < -0.3 is 14.9 Å². The van der Waals surface area contributed by atoms with Gasteiger partial charge in [0.1, 0.15) is 0 Å². The van der Waals surface area contributed by atoms with E-state index in [1.165, 1.54) is 85.3 Å². The van der Waals surface area contributed by atoms with Crippen LogP contribution in [-0.4, -0.2) is 0 Å². The zero-order valence-corrected chi connectivity index (χ0v) is 32.1. The van der Waals surface area contributed by atoms with E-state index in [4.69, 9.17) is 0 Å². The maximum Gasteiger partial charge on any atom is 4.00 e. The van der Waals surface area contributed by atoms with Gasteiger partial charge in [-0.3, -0.25) is 0 Å². The van der Waals surface area contributed by atoms with Gasteiger partial charge in [0.05, 0.1) is 0 Å². The molecule has 0 heterocycles. The molecule has 45 heavy (non-hydrogen) atoms. The molecular weight excluding hydrogens is 707 g/mol. The topological polar surface area (TPSA) is 0 Å². The van der Waals surface area contributed by atoms with Gasteiger partial charge in [-0.2, -0.15) is 12.1 Å². The Morgan fingerprint density at radius 1 is 0.533 bits per heavy atom. The SMILES string of the molecule is CC(C)(C)c1ccc(-c2cccc3[cH-]c(C4(c5cc6c(-c7ccc(C(C)(C)C)cc7)cccc6[cH-]5)CCC4)cc23)cc1.[CH3-].[CH3-].[Hf+4]. The van der Waals surface area contributed by atoms with Gasteiger partial charge in [0.25, 0.3) is 0 Å². The summed E-state index contributed by atoms with van der Waals surface area (Å²) >= 11 is 0. The van der Waals surface area contributed by atoms with Crippen molar-refractivity contribution in [2.75, 3.05) is 0 Å². The van der Waals surface area contributed by atoms with Crippen molar-refractivity contribution in [1.29, 1.82) is 0 Å². The molecule has 0 amide bonds. The third kappa shape index (κ3) is 6.10. The normalized spacial score (nSPS) is 14.3. The fourth-order valence-corrected chi connectivity index (χ4v) is 7.10. The van der Waals surface area contributed by atoms with Crippen LogP contribution < -0.4 is 0 Å². The average Bonchev–Trinajstić information content (AvgIpc) is 3.56. The maximum absolute atomic E-state index is 2.51. The van der Waals surface area contributed by atoms with Crippen LogP contribution >= 0.6 is 0 Å². The van der Waals surface area contributed by atoms with E-state index >= 15 is 0 Å². The first kappa shape index (κ1) is 34.8. The molecule has 228 valence electrons. The van der Waals surface area contributed by atoms with E-state index < -0.39 is 0 Å². The van der Waals surface area contributed by atoms with Gasteiger partial charge in [-0.05, 0) is 51.3 Å². The molecular formula is C44H48Hf. The number of rotatable bonds is 4. The van der Waals surface area contributed by atoms with E-state index in [-0.39, 0.29) is 56.9 Å². The molecule has 0 saturated heterocycles. The van der Waals surface area contributed by atoms with Crippen LogP contribution in [0.2, 0.25) is 0 Å². The average molecular weight is 755 g/mol. The molecule has 0 unspecified atom stereocenters. The second-order valence-electron chi connectivity index (χ2n) is 14.7.